The molecular formula is C12H26N2O2S. The molecule has 0 unspecified atom stereocenters. The first-order valence-electron chi connectivity index (χ1n) is 6.39. The minimum absolute atomic E-state index is 0.670. The van der Waals surface area contributed by atoms with Crippen molar-refractivity contribution in [1.29, 1.82) is 0 Å². The second kappa shape index (κ2) is 13.7. The van der Waals surface area contributed by atoms with Gasteiger partial charge in [-0.05, 0) is 31.5 Å². The Morgan fingerprint density at radius 3 is 2.35 bits per heavy atom. The molecule has 0 radical (unpaired) electrons. The lowest BCUT2D eigenvalue weighted by Crippen LogP contribution is -2.36. The molecule has 0 bridgehead atoms. The molecule has 0 amide bonds. The van der Waals surface area contributed by atoms with Gasteiger partial charge in [-0.1, -0.05) is 13.3 Å². The summed E-state index contributed by atoms with van der Waals surface area (Å²) in [5.74, 6) is 0. The van der Waals surface area contributed by atoms with Gasteiger partial charge in [-0.15, -0.1) is 0 Å². The zero-order valence-corrected chi connectivity index (χ0v) is 11.9. The van der Waals surface area contributed by atoms with Crippen molar-refractivity contribution in [3.8, 4) is 0 Å². The van der Waals surface area contributed by atoms with Gasteiger partial charge in [0.1, 0.15) is 0 Å². The van der Waals surface area contributed by atoms with Gasteiger partial charge in [0.25, 0.3) is 0 Å². The molecule has 5 heteroatoms. The van der Waals surface area contributed by atoms with Gasteiger partial charge in [-0.25, -0.2) is 0 Å². The largest absolute Gasteiger partial charge is 0.382 e. The van der Waals surface area contributed by atoms with Crippen molar-refractivity contribution >= 4 is 17.3 Å². The molecule has 0 aliphatic rings. The topological polar surface area (TPSA) is 42.5 Å². The Hall–Kier alpha value is -0.390. The Morgan fingerprint density at radius 2 is 1.71 bits per heavy atom. The van der Waals surface area contributed by atoms with E-state index in [2.05, 4.69) is 17.6 Å². The molecular weight excluding hydrogens is 236 g/mol. The lowest BCUT2D eigenvalue weighted by molar-refractivity contribution is 0.0689. The van der Waals surface area contributed by atoms with Gasteiger partial charge >= 0.3 is 0 Å². The Bertz CT molecular complexity index is 180. The summed E-state index contributed by atoms with van der Waals surface area (Å²) in [4.78, 5) is 0. The summed E-state index contributed by atoms with van der Waals surface area (Å²) < 4.78 is 10.2. The second-order valence-corrected chi connectivity index (χ2v) is 4.26. The van der Waals surface area contributed by atoms with E-state index in [1.807, 2.05) is 0 Å². The third-order valence-corrected chi connectivity index (χ3v) is 2.54. The van der Waals surface area contributed by atoms with Crippen molar-refractivity contribution in [3.05, 3.63) is 0 Å². The van der Waals surface area contributed by atoms with Crippen molar-refractivity contribution in [2.24, 2.45) is 0 Å². The molecule has 0 spiro atoms. The SMILES string of the molecule is CCCCNC(=S)NCCCCOCCOC. The average Bonchev–Trinajstić information content (AvgIpc) is 2.33. The maximum Gasteiger partial charge on any atom is 0.166 e. The van der Waals surface area contributed by atoms with E-state index < -0.39 is 0 Å². The molecule has 0 atom stereocenters. The van der Waals surface area contributed by atoms with E-state index in [1.54, 1.807) is 7.11 Å². The number of nitrogens with one attached hydrogen (secondary N) is 2. The van der Waals surface area contributed by atoms with E-state index >= 15 is 0 Å². The molecule has 0 aliphatic carbocycles. The van der Waals surface area contributed by atoms with E-state index in [4.69, 9.17) is 21.7 Å². The minimum atomic E-state index is 0.670. The summed E-state index contributed by atoms with van der Waals surface area (Å²) in [7, 11) is 1.68. The first kappa shape index (κ1) is 16.6. The highest BCUT2D eigenvalue weighted by Crippen LogP contribution is 1.89. The lowest BCUT2D eigenvalue weighted by atomic mass is 10.3. The molecule has 0 rings (SSSR count). The number of thiocarbonyl (C=S) groups is 1. The number of unbranched alkanes of at least 4 members (excludes halogenated alkanes) is 2. The first-order chi connectivity index (χ1) is 8.31. The van der Waals surface area contributed by atoms with Gasteiger partial charge in [-0.3, -0.25) is 0 Å². The van der Waals surface area contributed by atoms with E-state index in [0.29, 0.717) is 13.2 Å². The van der Waals surface area contributed by atoms with Gasteiger partial charge in [0, 0.05) is 26.8 Å². The summed E-state index contributed by atoms with van der Waals surface area (Å²) in [6.07, 6.45) is 4.47. The van der Waals surface area contributed by atoms with Crippen LogP contribution in [0.3, 0.4) is 0 Å². The molecule has 0 aromatic heterocycles. The van der Waals surface area contributed by atoms with Crippen molar-refractivity contribution in [1.82, 2.24) is 10.6 Å². The third kappa shape index (κ3) is 13.5. The van der Waals surface area contributed by atoms with E-state index in [1.165, 1.54) is 6.42 Å². The minimum Gasteiger partial charge on any atom is -0.382 e. The molecule has 102 valence electrons. The number of hydrogen-bond donors (Lipinski definition) is 2. The standard InChI is InChI=1S/C12H26N2O2S/c1-3-4-7-13-12(17)14-8-5-6-9-16-11-10-15-2/h3-11H2,1-2H3,(H2,13,14,17). The third-order valence-electron chi connectivity index (χ3n) is 2.25. The van der Waals surface area contributed by atoms with Crippen LogP contribution in [0.15, 0.2) is 0 Å². The van der Waals surface area contributed by atoms with Crippen LogP contribution in [0.5, 0.6) is 0 Å². The van der Waals surface area contributed by atoms with E-state index in [0.717, 1.165) is 44.1 Å². The maximum absolute atomic E-state index is 5.36. The predicted octanol–water partition coefficient (Wildman–Crippen LogP) is 1.69. The van der Waals surface area contributed by atoms with Crippen LogP contribution in [0.25, 0.3) is 0 Å². The van der Waals surface area contributed by atoms with Gasteiger partial charge in [0.05, 0.1) is 13.2 Å². The zero-order chi connectivity index (χ0) is 12.8. The van der Waals surface area contributed by atoms with Gasteiger partial charge in [0.15, 0.2) is 5.11 Å². The van der Waals surface area contributed by atoms with Gasteiger partial charge < -0.3 is 20.1 Å². The smallest absolute Gasteiger partial charge is 0.166 e. The van der Waals surface area contributed by atoms with E-state index in [-0.39, 0.29) is 0 Å². The molecule has 0 saturated carbocycles. The summed E-state index contributed by atoms with van der Waals surface area (Å²) in [5, 5.41) is 7.12. The Kier molecular flexibility index (Phi) is 13.4. The van der Waals surface area contributed by atoms with Crippen molar-refractivity contribution < 1.29 is 9.47 Å². The van der Waals surface area contributed by atoms with Crippen LogP contribution in [0, 0.1) is 0 Å². The molecule has 4 nitrogen and oxygen atoms in total. The molecule has 0 aliphatic heterocycles. The Morgan fingerprint density at radius 1 is 1.00 bits per heavy atom. The van der Waals surface area contributed by atoms with Crippen LogP contribution in [-0.2, 0) is 9.47 Å². The number of hydrogen-bond acceptors (Lipinski definition) is 3. The molecule has 0 heterocycles. The van der Waals surface area contributed by atoms with Crippen LogP contribution in [0.1, 0.15) is 32.6 Å². The highest BCUT2D eigenvalue weighted by molar-refractivity contribution is 7.80. The summed E-state index contributed by atoms with van der Waals surface area (Å²) in [6.45, 7) is 6.18. The highest BCUT2D eigenvalue weighted by Gasteiger charge is 1.94. The summed E-state index contributed by atoms with van der Waals surface area (Å²) in [6, 6.07) is 0. The zero-order valence-electron chi connectivity index (χ0n) is 11.1. The monoisotopic (exact) mass is 262 g/mol. The second-order valence-electron chi connectivity index (χ2n) is 3.85. The fraction of sp³-hybridized carbons (Fsp3) is 0.917. The Balaban J connectivity index is 3.08. The van der Waals surface area contributed by atoms with Gasteiger partial charge in [0.2, 0.25) is 0 Å². The fourth-order valence-electron chi connectivity index (χ4n) is 1.22. The van der Waals surface area contributed by atoms with Crippen LogP contribution < -0.4 is 10.6 Å². The summed E-state index contributed by atoms with van der Waals surface area (Å²) >= 11 is 5.13. The van der Waals surface area contributed by atoms with Crippen LogP contribution in [-0.4, -0.2) is 45.1 Å². The fourth-order valence-corrected chi connectivity index (χ4v) is 1.42. The predicted molar refractivity (Wildman–Crippen MR) is 75.4 cm³/mol. The highest BCUT2D eigenvalue weighted by atomic mass is 32.1. The molecule has 0 aromatic carbocycles. The van der Waals surface area contributed by atoms with Crippen molar-refractivity contribution in [2.75, 3.05) is 40.0 Å². The van der Waals surface area contributed by atoms with Crippen LogP contribution in [0.2, 0.25) is 0 Å². The average molecular weight is 262 g/mol. The normalized spacial score (nSPS) is 10.2. The quantitative estimate of drug-likeness (QED) is 0.438. The first-order valence-corrected chi connectivity index (χ1v) is 6.80. The summed E-state index contributed by atoms with van der Waals surface area (Å²) in [5.41, 5.74) is 0. The molecule has 0 aromatic rings. The molecule has 2 N–H and O–H groups in total. The number of methoxy groups -OCH3 is 1. The van der Waals surface area contributed by atoms with Crippen molar-refractivity contribution in [3.63, 3.8) is 0 Å². The van der Waals surface area contributed by atoms with Crippen LogP contribution in [0.4, 0.5) is 0 Å². The number of ether oxygens (including phenoxy) is 2. The van der Waals surface area contributed by atoms with Crippen LogP contribution >= 0.6 is 12.2 Å². The Labute approximate surface area is 110 Å². The maximum atomic E-state index is 5.36. The molecule has 0 saturated heterocycles. The van der Waals surface area contributed by atoms with E-state index in [9.17, 15) is 0 Å². The van der Waals surface area contributed by atoms with Crippen molar-refractivity contribution in [2.45, 2.75) is 32.6 Å². The lowest BCUT2D eigenvalue weighted by Gasteiger charge is -2.09. The molecule has 0 fully saturated rings. The number of rotatable bonds is 11. The molecule has 17 heavy (non-hydrogen) atoms. The van der Waals surface area contributed by atoms with Gasteiger partial charge in [-0.2, -0.15) is 0 Å².